The lowest BCUT2D eigenvalue weighted by Crippen LogP contribution is -2.38. The van der Waals surface area contributed by atoms with E-state index in [1.807, 2.05) is 24.3 Å². The number of guanidine groups is 1. The van der Waals surface area contributed by atoms with Crippen molar-refractivity contribution in [2.45, 2.75) is 26.4 Å². The zero-order valence-corrected chi connectivity index (χ0v) is 18.4. The van der Waals surface area contributed by atoms with Gasteiger partial charge in [0.05, 0.1) is 6.26 Å². The Morgan fingerprint density at radius 1 is 1.18 bits per heavy atom. The van der Waals surface area contributed by atoms with E-state index in [2.05, 4.69) is 28.6 Å². The lowest BCUT2D eigenvalue weighted by molar-refractivity contribution is 0.105. The molecular formula is C20H28IN3O4. The molecule has 2 heterocycles. The van der Waals surface area contributed by atoms with Gasteiger partial charge < -0.3 is 29.3 Å². The van der Waals surface area contributed by atoms with Crippen molar-refractivity contribution in [2.24, 2.45) is 4.99 Å². The van der Waals surface area contributed by atoms with Crippen molar-refractivity contribution in [3.05, 3.63) is 47.9 Å². The highest BCUT2D eigenvalue weighted by molar-refractivity contribution is 14.0. The van der Waals surface area contributed by atoms with E-state index >= 15 is 0 Å². The predicted molar refractivity (Wildman–Crippen MR) is 119 cm³/mol. The van der Waals surface area contributed by atoms with Crippen molar-refractivity contribution in [1.82, 2.24) is 10.6 Å². The summed E-state index contributed by atoms with van der Waals surface area (Å²) in [4.78, 5) is 4.58. The summed E-state index contributed by atoms with van der Waals surface area (Å²) in [5.41, 5.74) is 1.20. The van der Waals surface area contributed by atoms with Crippen molar-refractivity contribution < 1.29 is 18.6 Å². The fourth-order valence-electron chi connectivity index (χ4n) is 2.69. The van der Waals surface area contributed by atoms with Crippen LogP contribution in [0, 0.1) is 0 Å². The van der Waals surface area contributed by atoms with Gasteiger partial charge in [0.2, 0.25) is 6.79 Å². The summed E-state index contributed by atoms with van der Waals surface area (Å²) < 4.78 is 21.6. The summed E-state index contributed by atoms with van der Waals surface area (Å²) in [5.74, 6) is 3.31. The molecule has 2 N–H and O–H groups in total. The molecule has 3 rings (SSSR count). The first-order valence-corrected chi connectivity index (χ1v) is 9.36. The molecule has 0 unspecified atom stereocenters. The minimum Gasteiger partial charge on any atom is -0.467 e. The number of aliphatic imine (C=N–C) groups is 1. The van der Waals surface area contributed by atoms with E-state index in [4.69, 9.17) is 18.6 Å². The Bertz CT molecular complexity index is 722. The third-order valence-electron chi connectivity index (χ3n) is 4.03. The SMILES string of the molecule is CCNC(=NCCCOCc1ccco1)NCCc1ccc2c(c1)OCO2.I. The highest BCUT2D eigenvalue weighted by Crippen LogP contribution is 2.32. The van der Waals surface area contributed by atoms with Crippen LogP contribution in [0.3, 0.4) is 0 Å². The van der Waals surface area contributed by atoms with Crippen LogP contribution in [0.4, 0.5) is 0 Å². The number of ether oxygens (including phenoxy) is 3. The third-order valence-corrected chi connectivity index (χ3v) is 4.03. The normalized spacial score (nSPS) is 12.5. The number of fused-ring (bicyclic) bond motifs is 1. The zero-order valence-electron chi connectivity index (χ0n) is 16.1. The van der Waals surface area contributed by atoms with Gasteiger partial charge in [0.15, 0.2) is 17.5 Å². The Balaban J connectivity index is 0.00000280. The van der Waals surface area contributed by atoms with Crippen LogP contribution in [-0.2, 0) is 17.8 Å². The topological polar surface area (TPSA) is 77.3 Å². The number of rotatable bonds is 10. The Hall–Kier alpha value is -1.94. The molecule has 1 aromatic heterocycles. The first kappa shape index (κ1) is 22.4. The molecule has 1 aromatic carbocycles. The summed E-state index contributed by atoms with van der Waals surface area (Å²) in [6, 6.07) is 9.83. The quantitative estimate of drug-likeness (QED) is 0.225. The van der Waals surface area contributed by atoms with E-state index in [1.165, 1.54) is 5.56 Å². The molecule has 0 amide bonds. The second-order valence-corrected chi connectivity index (χ2v) is 6.11. The molecule has 8 heteroatoms. The molecule has 2 aromatic rings. The number of furan rings is 1. The van der Waals surface area contributed by atoms with Crippen molar-refractivity contribution in [2.75, 3.05) is 33.0 Å². The van der Waals surface area contributed by atoms with Crippen LogP contribution in [0.1, 0.15) is 24.7 Å². The van der Waals surface area contributed by atoms with Gasteiger partial charge in [0.25, 0.3) is 0 Å². The number of hydrogen-bond acceptors (Lipinski definition) is 5. The Morgan fingerprint density at radius 2 is 2.07 bits per heavy atom. The van der Waals surface area contributed by atoms with Gasteiger partial charge >= 0.3 is 0 Å². The first-order chi connectivity index (χ1) is 13.3. The van der Waals surface area contributed by atoms with Gasteiger partial charge in [-0.15, -0.1) is 24.0 Å². The fraction of sp³-hybridized carbons (Fsp3) is 0.450. The number of halogens is 1. The van der Waals surface area contributed by atoms with Crippen molar-refractivity contribution >= 4 is 29.9 Å². The number of benzene rings is 1. The van der Waals surface area contributed by atoms with Crippen molar-refractivity contribution in [3.8, 4) is 11.5 Å². The van der Waals surface area contributed by atoms with E-state index in [9.17, 15) is 0 Å². The molecule has 0 radical (unpaired) electrons. The van der Waals surface area contributed by atoms with Gasteiger partial charge in [0.1, 0.15) is 12.4 Å². The number of nitrogens with zero attached hydrogens (tertiary/aromatic N) is 1. The largest absolute Gasteiger partial charge is 0.467 e. The molecule has 0 fully saturated rings. The van der Waals surface area contributed by atoms with E-state index in [1.54, 1.807) is 6.26 Å². The summed E-state index contributed by atoms with van der Waals surface area (Å²) in [6.45, 7) is 5.84. The minimum absolute atomic E-state index is 0. The third kappa shape index (κ3) is 7.23. The maximum absolute atomic E-state index is 5.57. The Kier molecular flexibility index (Phi) is 9.98. The van der Waals surface area contributed by atoms with Crippen LogP contribution in [0.25, 0.3) is 0 Å². The lowest BCUT2D eigenvalue weighted by Gasteiger charge is -2.11. The van der Waals surface area contributed by atoms with E-state index in [0.29, 0.717) is 26.6 Å². The molecule has 154 valence electrons. The Labute approximate surface area is 182 Å². The maximum Gasteiger partial charge on any atom is 0.231 e. The Morgan fingerprint density at radius 3 is 2.89 bits per heavy atom. The van der Waals surface area contributed by atoms with Crippen LogP contribution >= 0.6 is 24.0 Å². The van der Waals surface area contributed by atoms with Gasteiger partial charge in [-0.3, -0.25) is 4.99 Å². The minimum atomic E-state index is 0. The van der Waals surface area contributed by atoms with Gasteiger partial charge in [-0.1, -0.05) is 6.07 Å². The zero-order chi connectivity index (χ0) is 18.7. The van der Waals surface area contributed by atoms with E-state index < -0.39 is 0 Å². The molecule has 0 saturated heterocycles. The average Bonchev–Trinajstić information content (AvgIpc) is 3.35. The second kappa shape index (κ2) is 12.5. The molecule has 7 nitrogen and oxygen atoms in total. The number of nitrogens with one attached hydrogen (secondary N) is 2. The number of hydrogen-bond donors (Lipinski definition) is 2. The van der Waals surface area contributed by atoms with E-state index in [0.717, 1.165) is 49.1 Å². The predicted octanol–water partition coefficient (Wildman–Crippen LogP) is 3.33. The summed E-state index contributed by atoms with van der Waals surface area (Å²) in [6.07, 6.45) is 3.40. The molecule has 0 atom stereocenters. The molecule has 1 aliphatic rings. The molecule has 1 aliphatic heterocycles. The molecule has 0 aliphatic carbocycles. The highest BCUT2D eigenvalue weighted by atomic mass is 127. The summed E-state index contributed by atoms with van der Waals surface area (Å²) in [7, 11) is 0. The smallest absolute Gasteiger partial charge is 0.231 e. The van der Waals surface area contributed by atoms with Gasteiger partial charge in [-0.2, -0.15) is 0 Å². The molecule has 28 heavy (non-hydrogen) atoms. The monoisotopic (exact) mass is 501 g/mol. The maximum atomic E-state index is 5.57. The standard InChI is InChI=1S/C20H27N3O4.HI/c1-2-21-20(22-9-4-11-24-14-17-5-3-12-25-17)23-10-8-16-6-7-18-19(13-16)27-15-26-18;/h3,5-7,12-13H,2,4,8-11,14-15H2,1H3,(H2,21,22,23);1H. The summed E-state index contributed by atoms with van der Waals surface area (Å²) >= 11 is 0. The molecule has 0 bridgehead atoms. The van der Waals surface area contributed by atoms with Crippen molar-refractivity contribution in [1.29, 1.82) is 0 Å². The van der Waals surface area contributed by atoms with Crippen molar-refractivity contribution in [3.63, 3.8) is 0 Å². The summed E-state index contributed by atoms with van der Waals surface area (Å²) in [5, 5.41) is 6.62. The molecule has 0 saturated carbocycles. The van der Waals surface area contributed by atoms with E-state index in [-0.39, 0.29) is 24.0 Å². The van der Waals surface area contributed by atoms with Gasteiger partial charge in [-0.25, -0.2) is 0 Å². The van der Waals surface area contributed by atoms with Crippen LogP contribution < -0.4 is 20.1 Å². The fourth-order valence-corrected chi connectivity index (χ4v) is 2.69. The lowest BCUT2D eigenvalue weighted by atomic mass is 10.1. The van der Waals surface area contributed by atoms with Crippen LogP contribution in [-0.4, -0.2) is 39.0 Å². The van der Waals surface area contributed by atoms with Gasteiger partial charge in [0, 0.05) is 26.2 Å². The highest BCUT2D eigenvalue weighted by Gasteiger charge is 2.12. The van der Waals surface area contributed by atoms with Gasteiger partial charge in [-0.05, 0) is 49.6 Å². The average molecular weight is 501 g/mol. The molecule has 0 spiro atoms. The second-order valence-electron chi connectivity index (χ2n) is 6.11. The van der Waals surface area contributed by atoms with Crippen LogP contribution in [0.5, 0.6) is 11.5 Å². The van der Waals surface area contributed by atoms with Crippen LogP contribution in [0.15, 0.2) is 46.0 Å². The van der Waals surface area contributed by atoms with Crippen LogP contribution in [0.2, 0.25) is 0 Å². The molecular weight excluding hydrogens is 473 g/mol. The first-order valence-electron chi connectivity index (χ1n) is 9.36.